The van der Waals surface area contributed by atoms with Gasteiger partial charge in [0.1, 0.15) is 18.4 Å². The number of ether oxygens (including phenoxy) is 1. The normalized spacial score (nSPS) is 11.8. The Morgan fingerprint density at radius 2 is 2.29 bits per heavy atom. The Morgan fingerprint density at radius 3 is 2.86 bits per heavy atom. The van der Waals surface area contributed by atoms with Gasteiger partial charge < -0.3 is 10.1 Å². The number of nitriles is 1. The average Bonchev–Trinajstić information content (AvgIpc) is 2.22. The lowest BCUT2D eigenvalue weighted by atomic mass is 10.3. The van der Waals surface area contributed by atoms with Gasteiger partial charge in [-0.15, -0.1) is 0 Å². The zero-order valence-electron chi connectivity index (χ0n) is 7.83. The van der Waals surface area contributed by atoms with Crippen molar-refractivity contribution >= 4 is 15.9 Å². The van der Waals surface area contributed by atoms with Gasteiger partial charge in [-0.1, -0.05) is 12.1 Å². The van der Waals surface area contributed by atoms with Crippen LogP contribution in [0.25, 0.3) is 0 Å². The summed E-state index contributed by atoms with van der Waals surface area (Å²) in [5, 5.41) is 11.5. The Balaban J connectivity index is 2.54. The quantitative estimate of drug-likeness (QED) is 0.894. The van der Waals surface area contributed by atoms with Gasteiger partial charge in [0.2, 0.25) is 0 Å². The first-order chi connectivity index (χ1) is 6.77. The molecule has 14 heavy (non-hydrogen) atoms. The highest BCUT2D eigenvalue weighted by molar-refractivity contribution is 9.10. The van der Waals surface area contributed by atoms with Crippen molar-refractivity contribution in [2.75, 3.05) is 13.7 Å². The number of hydrogen-bond donors (Lipinski definition) is 1. The van der Waals surface area contributed by atoms with Crippen molar-refractivity contribution in [3.05, 3.63) is 28.7 Å². The van der Waals surface area contributed by atoms with Crippen LogP contribution in [0.4, 0.5) is 0 Å². The molecule has 0 spiro atoms. The van der Waals surface area contributed by atoms with Crippen LogP contribution in [0.15, 0.2) is 28.7 Å². The Morgan fingerprint density at radius 1 is 1.57 bits per heavy atom. The van der Waals surface area contributed by atoms with Gasteiger partial charge in [0.05, 0.1) is 10.5 Å². The van der Waals surface area contributed by atoms with Crippen LogP contribution < -0.4 is 10.1 Å². The van der Waals surface area contributed by atoms with Gasteiger partial charge in [-0.3, -0.25) is 0 Å². The number of hydrogen-bond acceptors (Lipinski definition) is 3. The van der Waals surface area contributed by atoms with E-state index in [1.54, 1.807) is 7.05 Å². The molecule has 0 aliphatic heterocycles. The van der Waals surface area contributed by atoms with Crippen LogP contribution >= 0.6 is 15.9 Å². The van der Waals surface area contributed by atoms with Gasteiger partial charge in [0.25, 0.3) is 0 Å². The molecule has 74 valence electrons. The third kappa shape index (κ3) is 3.02. The largest absolute Gasteiger partial charge is 0.490 e. The zero-order chi connectivity index (χ0) is 10.4. The van der Waals surface area contributed by atoms with Crippen LogP contribution in [0.2, 0.25) is 0 Å². The maximum atomic E-state index is 8.67. The smallest absolute Gasteiger partial charge is 0.133 e. The summed E-state index contributed by atoms with van der Waals surface area (Å²) in [6.07, 6.45) is 0. The van der Waals surface area contributed by atoms with Crippen LogP contribution in [0.3, 0.4) is 0 Å². The van der Waals surface area contributed by atoms with E-state index in [9.17, 15) is 0 Å². The predicted molar refractivity (Wildman–Crippen MR) is 58.1 cm³/mol. The molecule has 1 unspecified atom stereocenters. The molecule has 1 N–H and O–H groups in total. The van der Waals surface area contributed by atoms with E-state index in [0.717, 1.165) is 10.2 Å². The fourth-order valence-corrected chi connectivity index (χ4v) is 1.32. The van der Waals surface area contributed by atoms with Crippen molar-refractivity contribution in [1.82, 2.24) is 5.32 Å². The summed E-state index contributed by atoms with van der Waals surface area (Å²) in [5.74, 6) is 0.753. The van der Waals surface area contributed by atoms with Crippen molar-refractivity contribution in [3.8, 4) is 11.8 Å². The highest BCUT2D eigenvalue weighted by Gasteiger charge is 2.05. The minimum Gasteiger partial charge on any atom is -0.490 e. The second-order valence-electron chi connectivity index (χ2n) is 2.71. The molecular formula is C10H11BrN2O. The van der Waals surface area contributed by atoms with Gasteiger partial charge in [-0.05, 0) is 35.1 Å². The fraction of sp³-hybridized carbons (Fsp3) is 0.300. The Labute approximate surface area is 91.8 Å². The van der Waals surface area contributed by atoms with Crippen molar-refractivity contribution in [2.45, 2.75) is 6.04 Å². The van der Waals surface area contributed by atoms with E-state index in [1.807, 2.05) is 24.3 Å². The Bertz CT molecular complexity index is 335. The van der Waals surface area contributed by atoms with Crippen molar-refractivity contribution in [1.29, 1.82) is 5.26 Å². The number of likely N-dealkylation sites (N-methyl/N-ethyl adjacent to an activating group) is 1. The van der Waals surface area contributed by atoms with Crippen molar-refractivity contribution in [2.24, 2.45) is 0 Å². The van der Waals surface area contributed by atoms with Crippen molar-refractivity contribution in [3.63, 3.8) is 0 Å². The standard InChI is InChI=1S/C10H11BrN2O/c1-13-8(6-12)7-14-10-5-3-2-4-9(10)11/h2-5,8,13H,7H2,1H3. The molecule has 0 heterocycles. The number of nitrogens with one attached hydrogen (secondary N) is 1. The summed E-state index contributed by atoms with van der Waals surface area (Å²) in [6.45, 7) is 0.343. The minimum absolute atomic E-state index is 0.276. The highest BCUT2D eigenvalue weighted by Crippen LogP contribution is 2.23. The fourth-order valence-electron chi connectivity index (χ4n) is 0.920. The van der Waals surface area contributed by atoms with E-state index < -0.39 is 0 Å². The molecule has 0 fully saturated rings. The first-order valence-corrected chi connectivity index (χ1v) is 5.01. The topological polar surface area (TPSA) is 45.0 Å². The molecule has 0 saturated heterocycles. The lowest BCUT2D eigenvalue weighted by molar-refractivity contribution is 0.293. The predicted octanol–water partition coefficient (Wildman–Crippen LogP) is 1.94. The van der Waals surface area contributed by atoms with Gasteiger partial charge in [-0.2, -0.15) is 5.26 Å². The Kier molecular flexibility index (Phi) is 4.44. The number of rotatable bonds is 4. The third-order valence-electron chi connectivity index (χ3n) is 1.75. The van der Waals surface area contributed by atoms with Crippen LogP contribution in [0.1, 0.15) is 0 Å². The monoisotopic (exact) mass is 254 g/mol. The van der Waals surface area contributed by atoms with Gasteiger partial charge >= 0.3 is 0 Å². The molecule has 1 rings (SSSR count). The summed E-state index contributed by atoms with van der Waals surface area (Å²) in [6, 6.07) is 9.37. The van der Waals surface area contributed by atoms with Crippen LogP contribution in [-0.4, -0.2) is 19.7 Å². The molecule has 0 aromatic heterocycles. The number of benzene rings is 1. The first kappa shape index (κ1) is 11.0. The molecule has 1 aromatic rings. The van der Waals surface area contributed by atoms with Gasteiger partial charge in [-0.25, -0.2) is 0 Å². The lowest BCUT2D eigenvalue weighted by Gasteiger charge is -2.10. The van der Waals surface area contributed by atoms with Gasteiger partial charge in [0, 0.05) is 0 Å². The molecule has 0 saturated carbocycles. The molecule has 0 aliphatic rings. The number of para-hydroxylation sites is 1. The summed E-state index contributed by atoms with van der Waals surface area (Å²) in [5.41, 5.74) is 0. The van der Waals surface area contributed by atoms with Crippen LogP contribution in [0.5, 0.6) is 5.75 Å². The average molecular weight is 255 g/mol. The van der Waals surface area contributed by atoms with Crippen LogP contribution in [-0.2, 0) is 0 Å². The molecule has 1 atom stereocenters. The SMILES string of the molecule is CNC(C#N)COc1ccccc1Br. The van der Waals surface area contributed by atoms with E-state index in [2.05, 4.69) is 27.3 Å². The summed E-state index contributed by atoms with van der Waals surface area (Å²) in [7, 11) is 1.73. The van der Waals surface area contributed by atoms with E-state index in [0.29, 0.717) is 6.61 Å². The molecular weight excluding hydrogens is 244 g/mol. The molecule has 0 radical (unpaired) electrons. The molecule has 0 bridgehead atoms. The number of nitrogens with zero attached hydrogens (tertiary/aromatic N) is 1. The third-order valence-corrected chi connectivity index (χ3v) is 2.40. The van der Waals surface area contributed by atoms with E-state index in [-0.39, 0.29) is 6.04 Å². The van der Waals surface area contributed by atoms with Gasteiger partial charge in [0.15, 0.2) is 0 Å². The second-order valence-corrected chi connectivity index (χ2v) is 3.57. The maximum absolute atomic E-state index is 8.67. The molecule has 0 aliphatic carbocycles. The zero-order valence-corrected chi connectivity index (χ0v) is 9.41. The minimum atomic E-state index is -0.276. The first-order valence-electron chi connectivity index (χ1n) is 4.22. The highest BCUT2D eigenvalue weighted by atomic mass is 79.9. The molecule has 4 heteroatoms. The lowest BCUT2D eigenvalue weighted by Crippen LogP contribution is -2.29. The van der Waals surface area contributed by atoms with E-state index in [4.69, 9.17) is 10.00 Å². The van der Waals surface area contributed by atoms with E-state index >= 15 is 0 Å². The van der Waals surface area contributed by atoms with E-state index in [1.165, 1.54) is 0 Å². The summed E-state index contributed by atoms with van der Waals surface area (Å²) in [4.78, 5) is 0. The molecule has 1 aromatic carbocycles. The van der Waals surface area contributed by atoms with Crippen LogP contribution in [0, 0.1) is 11.3 Å². The molecule has 0 amide bonds. The maximum Gasteiger partial charge on any atom is 0.133 e. The summed E-state index contributed by atoms with van der Waals surface area (Å²) >= 11 is 3.36. The second kappa shape index (κ2) is 5.63. The van der Waals surface area contributed by atoms with Crippen molar-refractivity contribution < 1.29 is 4.74 Å². The Hall–Kier alpha value is -1.05. The summed E-state index contributed by atoms with van der Waals surface area (Å²) < 4.78 is 6.34. The molecule has 3 nitrogen and oxygen atoms in total. The number of halogens is 1.